The van der Waals surface area contributed by atoms with Crippen LogP contribution in [0.5, 0.6) is 0 Å². The number of alkyl halides is 3. The lowest BCUT2D eigenvalue weighted by molar-refractivity contribution is -0.174. The highest BCUT2D eigenvalue weighted by atomic mass is 19.4. The second-order valence-electron chi connectivity index (χ2n) is 1.85. The molecule has 0 aliphatic rings. The summed E-state index contributed by atoms with van der Waals surface area (Å²) in [7, 11) is 0. The Bertz CT molecular complexity index is 145. The van der Waals surface area contributed by atoms with Crippen molar-refractivity contribution in [2.24, 2.45) is 0 Å². The zero-order valence-corrected chi connectivity index (χ0v) is 5.48. The third-order valence-electron chi connectivity index (χ3n) is 0.813. The molecule has 0 spiro atoms. The minimum Gasteiger partial charge on any atom is -0.394 e. The zero-order chi connectivity index (χ0) is 9.07. The number of carbonyl (C=O) groups excluding carboxylic acids is 1. The summed E-state index contributed by atoms with van der Waals surface area (Å²) in [6.45, 7) is 2.40. The van der Waals surface area contributed by atoms with Crippen LogP contribution >= 0.6 is 0 Å². The maximum Gasteiger partial charge on any atom is 0.471 e. The summed E-state index contributed by atoms with van der Waals surface area (Å²) < 4.78 is 34.3. The van der Waals surface area contributed by atoms with Crippen LogP contribution in [0.2, 0.25) is 0 Å². The summed E-state index contributed by atoms with van der Waals surface area (Å²) in [4.78, 5) is 10.0. The Morgan fingerprint density at radius 3 is 2.36 bits per heavy atom. The Labute approximate surface area is 61.2 Å². The van der Waals surface area contributed by atoms with Crippen LogP contribution in [0, 0.1) is 6.92 Å². The molecule has 0 aliphatic carbocycles. The van der Waals surface area contributed by atoms with Crippen molar-refractivity contribution in [3.8, 4) is 0 Å². The number of aliphatic hydroxyl groups excluding tert-OH is 1. The average Bonchev–Trinajstić information content (AvgIpc) is 1.85. The molecule has 0 saturated heterocycles. The first-order valence-electron chi connectivity index (χ1n) is 2.69. The van der Waals surface area contributed by atoms with E-state index in [2.05, 4.69) is 6.92 Å². The van der Waals surface area contributed by atoms with E-state index in [0.29, 0.717) is 0 Å². The van der Waals surface area contributed by atoms with Gasteiger partial charge >= 0.3 is 12.1 Å². The van der Waals surface area contributed by atoms with E-state index in [1.54, 1.807) is 0 Å². The van der Waals surface area contributed by atoms with E-state index >= 15 is 0 Å². The highest BCUT2D eigenvalue weighted by Crippen LogP contribution is 2.14. The number of aliphatic hydroxyl groups is 1. The molecule has 0 unspecified atom stereocenters. The van der Waals surface area contributed by atoms with E-state index in [4.69, 9.17) is 5.11 Å². The summed E-state index contributed by atoms with van der Waals surface area (Å²) in [6, 6.07) is -1.12. The molecule has 1 amide bonds. The van der Waals surface area contributed by atoms with Crippen LogP contribution in [0.25, 0.3) is 0 Å². The number of halogens is 3. The largest absolute Gasteiger partial charge is 0.471 e. The fourth-order valence-corrected chi connectivity index (χ4v) is 0.313. The molecule has 0 fully saturated rings. The average molecular weight is 170 g/mol. The molecule has 0 aromatic carbocycles. The molecule has 1 radical (unpaired) electrons. The van der Waals surface area contributed by atoms with Crippen molar-refractivity contribution in [3.05, 3.63) is 6.92 Å². The van der Waals surface area contributed by atoms with Gasteiger partial charge in [-0.25, -0.2) is 0 Å². The predicted molar refractivity (Wildman–Crippen MR) is 30.4 cm³/mol. The quantitative estimate of drug-likeness (QED) is 0.606. The molecular formula is C5H7F3NO2. The molecule has 11 heavy (non-hydrogen) atoms. The highest BCUT2D eigenvalue weighted by molar-refractivity contribution is 5.81. The van der Waals surface area contributed by atoms with Gasteiger partial charge in [-0.15, -0.1) is 0 Å². The van der Waals surface area contributed by atoms with Crippen LogP contribution in [-0.2, 0) is 4.79 Å². The number of nitrogens with one attached hydrogen (secondary N) is 1. The van der Waals surface area contributed by atoms with E-state index in [1.165, 1.54) is 5.32 Å². The monoisotopic (exact) mass is 170 g/mol. The van der Waals surface area contributed by atoms with E-state index in [0.717, 1.165) is 0 Å². The lowest BCUT2D eigenvalue weighted by Gasteiger charge is -2.11. The minimum atomic E-state index is -4.91. The fourth-order valence-electron chi connectivity index (χ4n) is 0.313. The Morgan fingerprint density at radius 2 is 2.09 bits per heavy atom. The molecule has 1 atom stereocenters. The molecule has 0 aliphatic heterocycles. The molecule has 2 N–H and O–H groups in total. The number of amides is 1. The van der Waals surface area contributed by atoms with Crippen molar-refractivity contribution < 1.29 is 23.1 Å². The molecule has 0 heterocycles. The van der Waals surface area contributed by atoms with Crippen LogP contribution in [0.4, 0.5) is 13.2 Å². The molecule has 0 rings (SSSR count). The van der Waals surface area contributed by atoms with Crippen LogP contribution in [0.3, 0.4) is 0 Å². The third kappa shape index (κ3) is 3.82. The Hall–Kier alpha value is -0.780. The van der Waals surface area contributed by atoms with Crippen molar-refractivity contribution in [2.75, 3.05) is 6.61 Å². The number of rotatable bonds is 2. The maximum atomic E-state index is 11.4. The summed E-state index contributed by atoms with van der Waals surface area (Å²) >= 11 is 0. The Morgan fingerprint density at radius 1 is 1.64 bits per heavy atom. The van der Waals surface area contributed by atoms with Gasteiger partial charge < -0.3 is 10.4 Å². The summed E-state index contributed by atoms with van der Waals surface area (Å²) in [5.74, 6) is -2.09. The summed E-state index contributed by atoms with van der Waals surface area (Å²) in [5.41, 5.74) is 0. The van der Waals surface area contributed by atoms with Gasteiger partial charge in [0.25, 0.3) is 0 Å². The summed E-state index contributed by atoms with van der Waals surface area (Å²) in [5, 5.41) is 9.65. The second kappa shape index (κ2) is 3.56. The summed E-state index contributed by atoms with van der Waals surface area (Å²) in [6.07, 6.45) is -4.91. The van der Waals surface area contributed by atoms with Gasteiger partial charge in [0.05, 0.1) is 12.6 Å². The molecule has 0 bridgehead atoms. The second-order valence-corrected chi connectivity index (χ2v) is 1.85. The van der Waals surface area contributed by atoms with Gasteiger partial charge in [0.15, 0.2) is 0 Å². The van der Waals surface area contributed by atoms with Crippen molar-refractivity contribution in [2.45, 2.75) is 12.2 Å². The highest BCUT2D eigenvalue weighted by Gasteiger charge is 2.38. The van der Waals surface area contributed by atoms with Crippen molar-refractivity contribution >= 4 is 5.91 Å². The maximum absolute atomic E-state index is 11.4. The van der Waals surface area contributed by atoms with Crippen molar-refractivity contribution in [1.29, 1.82) is 0 Å². The van der Waals surface area contributed by atoms with Crippen molar-refractivity contribution in [3.63, 3.8) is 0 Å². The van der Waals surface area contributed by atoms with Gasteiger partial charge in [0, 0.05) is 0 Å². The van der Waals surface area contributed by atoms with Crippen molar-refractivity contribution in [1.82, 2.24) is 5.32 Å². The standard InChI is InChI=1S/C5H7F3NO2/c1-3(2-10)9-4(11)5(6,7)8/h3,10H,1-2H2,(H,9,11)/t3-/m0/s1. The number of hydrogen-bond acceptors (Lipinski definition) is 2. The third-order valence-corrected chi connectivity index (χ3v) is 0.813. The predicted octanol–water partition coefficient (Wildman–Crippen LogP) is -0.140. The molecule has 0 saturated carbocycles. The smallest absolute Gasteiger partial charge is 0.394 e. The van der Waals surface area contributed by atoms with E-state index in [-0.39, 0.29) is 0 Å². The molecule has 6 heteroatoms. The lowest BCUT2D eigenvalue weighted by Crippen LogP contribution is -2.43. The SMILES string of the molecule is [CH2][C@@H](CO)NC(=O)C(F)(F)F. The van der Waals surface area contributed by atoms with Crippen LogP contribution < -0.4 is 5.32 Å². The normalized spacial score (nSPS) is 14.3. The Kier molecular flexibility index (Phi) is 3.31. The zero-order valence-electron chi connectivity index (χ0n) is 5.48. The van der Waals surface area contributed by atoms with Gasteiger partial charge in [-0.2, -0.15) is 13.2 Å². The van der Waals surface area contributed by atoms with Gasteiger partial charge in [-0.05, 0) is 6.92 Å². The fraction of sp³-hybridized carbons (Fsp3) is 0.600. The van der Waals surface area contributed by atoms with Crippen LogP contribution in [0.1, 0.15) is 0 Å². The first-order valence-corrected chi connectivity index (χ1v) is 2.69. The molecule has 3 nitrogen and oxygen atoms in total. The van der Waals surface area contributed by atoms with Gasteiger partial charge in [-0.3, -0.25) is 4.79 Å². The van der Waals surface area contributed by atoms with Crippen LogP contribution in [-0.4, -0.2) is 29.8 Å². The molecule has 0 aromatic rings. The molecular weight excluding hydrogens is 163 g/mol. The number of carbonyl (C=O) groups is 1. The minimum absolute atomic E-state index is 0.623. The van der Waals surface area contributed by atoms with Gasteiger partial charge in [0.2, 0.25) is 0 Å². The lowest BCUT2D eigenvalue weighted by atomic mass is 10.3. The van der Waals surface area contributed by atoms with E-state index in [9.17, 15) is 18.0 Å². The van der Waals surface area contributed by atoms with Gasteiger partial charge in [0.1, 0.15) is 0 Å². The topological polar surface area (TPSA) is 49.3 Å². The molecule has 65 valence electrons. The van der Waals surface area contributed by atoms with E-state index in [1.807, 2.05) is 0 Å². The number of hydrogen-bond donors (Lipinski definition) is 2. The van der Waals surface area contributed by atoms with Crippen LogP contribution in [0.15, 0.2) is 0 Å². The molecule has 0 aromatic heterocycles. The first kappa shape index (κ1) is 10.2. The first-order chi connectivity index (χ1) is 4.88. The van der Waals surface area contributed by atoms with Gasteiger partial charge in [-0.1, -0.05) is 0 Å². The van der Waals surface area contributed by atoms with E-state index < -0.39 is 24.7 Å². The Balaban J connectivity index is 3.88.